The predicted molar refractivity (Wildman–Crippen MR) is 78.8 cm³/mol. The van der Waals surface area contributed by atoms with Crippen LogP contribution in [0, 0.1) is 0 Å². The van der Waals surface area contributed by atoms with Crippen LogP contribution in [0.3, 0.4) is 0 Å². The molecule has 5 heteroatoms. The highest BCUT2D eigenvalue weighted by atomic mass is 32.1. The molecular formula is C14H18N2O2S. The number of imidazole rings is 1. The Bertz CT molecular complexity index is 525. The second kappa shape index (κ2) is 6.99. The van der Waals surface area contributed by atoms with Crippen molar-refractivity contribution in [3.63, 3.8) is 0 Å². The molecule has 0 aliphatic heterocycles. The number of nitrogens with zero attached hydrogens (tertiary/aromatic N) is 2. The molecule has 0 bridgehead atoms. The maximum atomic E-state index is 11.8. The number of benzene rings is 1. The minimum atomic E-state index is -0.335. The zero-order chi connectivity index (χ0) is 13.0. The first kappa shape index (κ1) is 15.3. The summed E-state index contributed by atoms with van der Waals surface area (Å²) in [7, 11) is 0. The van der Waals surface area contributed by atoms with Crippen LogP contribution < -0.4 is 0 Å². The smallest absolute Gasteiger partial charge is 0.356 e. The molecule has 1 atom stereocenters. The number of aromatic nitrogens is 2. The van der Waals surface area contributed by atoms with Crippen molar-refractivity contribution in [1.29, 1.82) is 0 Å². The summed E-state index contributed by atoms with van der Waals surface area (Å²) in [5, 5.41) is 0. The fourth-order valence-corrected chi connectivity index (χ4v) is 1.87. The summed E-state index contributed by atoms with van der Waals surface area (Å²) >= 11 is 0. The Kier molecular flexibility index (Phi) is 5.63. The van der Waals surface area contributed by atoms with Gasteiger partial charge < -0.3 is 9.30 Å². The summed E-state index contributed by atoms with van der Waals surface area (Å²) in [6, 6.07) is 10.0. The molecule has 0 saturated carbocycles. The Labute approximate surface area is 119 Å². The van der Waals surface area contributed by atoms with Crippen LogP contribution in [0.4, 0.5) is 0 Å². The minimum Gasteiger partial charge on any atom is -0.461 e. The zero-order valence-corrected chi connectivity index (χ0v) is 12.0. The molecule has 0 saturated heterocycles. The monoisotopic (exact) mass is 278 g/mol. The number of carbonyl (C=O) groups excluding carboxylic acids is 1. The largest absolute Gasteiger partial charge is 0.461 e. The van der Waals surface area contributed by atoms with Gasteiger partial charge in [-0.2, -0.15) is 13.5 Å². The Morgan fingerprint density at radius 2 is 2.05 bits per heavy atom. The lowest BCUT2D eigenvalue weighted by molar-refractivity contribution is 0.0512. The SMILES string of the molecule is CCOC(=O)c1cncn1C(C)c1ccccc1.S. The molecule has 2 rings (SSSR count). The third-order valence-corrected chi connectivity index (χ3v) is 2.85. The topological polar surface area (TPSA) is 44.1 Å². The molecule has 0 spiro atoms. The summed E-state index contributed by atoms with van der Waals surface area (Å²) in [6.07, 6.45) is 3.20. The van der Waals surface area contributed by atoms with Gasteiger partial charge in [-0.15, -0.1) is 0 Å². The summed E-state index contributed by atoms with van der Waals surface area (Å²) in [5.74, 6) is -0.335. The van der Waals surface area contributed by atoms with Crippen LogP contribution in [0.5, 0.6) is 0 Å². The van der Waals surface area contributed by atoms with Gasteiger partial charge in [0.1, 0.15) is 5.69 Å². The van der Waals surface area contributed by atoms with Crippen molar-refractivity contribution in [2.75, 3.05) is 6.61 Å². The average Bonchev–Trinajstić information content (AvgIpc) is 2.88. The highest BCUT2D eigenvalue weighted by molar-refractivity contribution is 7.59. The van der Waals surface area contributed by atoms with Crippen LogP contribution in [0.25, 0.3) is 0 Å². The van der Waals surface area contributed by atoms with Gasteiger partial charge >= 0.3 is 5.97 Å². The number of rotatable bonds is 4. The first-order valence-corrected chi connectivity index (χ1v) is 5.98. The van der Waals surface area contributed by atoms with Crippen molar-refractivity contribution in [3.05, 3.63) is 54.1 Å². The number of hydrogen-bond donors (Lipinski definition) is 0. The van der Waals surface area contributed by atoms with E-state index in [0.717, 1.165) is 5.56 Å². The molecule has 1 unspecified atom stereocenters. The van der Waals surface area contributed by atoms with Crippen LogP contribution in [-0.4, -0.2) is 22.1 Å². The fraction of sp³-hybridized carbons (Fsp3) is 0.286. The lowest BCUT2D eigenvalue weighted by atomic mass is 10.1. The summed E-state index contributed by atoms with van der Waals surface area (Å²) in [6.45, 7) is 4.18. The molecule has 0 aliphatic rings. The Balaban J connectivity index is 0.00000180. The maximum absolute atomic E-state index is 11.8. The average molecular weight is 278 g/mol. The van der Waals surface area contributed by atoms with Crippen molar-refractivity contribution >= 4 is 19.5 Å². The van der Waals surface area contributed by atoms with Gasteiger partial charge in [0.05, 0.1) is 25.2 Å². The standard InChI is InChI=1S/C14H16N2O2.H2S/c1-3-18-14(17)13-9-15-10-16(13)11(2)12-7-5-4-6-8-12;/h4-11H,3H2,1-2H3;1H2. The third kappa shape index (κ3) is 3.38. The van der Waals surface area contributed by atoms with Crippen LogP contribution >= 0.6 is 13.5 Å². The van der Waals surface area contributed by atoms with Gasteiger partial charge in [0.2, 0.25) is 0 Å². The maximum Gasteiger partial charge on any atom is 0.356 e. The van der Waals surface area contributed by atoms with Gasteiger partial charge in [-0.1, -0.05) is 30.3 Å². The Hall–Kier alpha value is -1.75. The van der Waals surface area contributed by atoms with Crippen LogP contribution in [0.1, 0.15) is 35.9 Å². The molecule has 1 aromatic heterocycles. The third-order valence-electron chi connectivity index (χ3n) is 2.85. The van der Waals surface area contributed by atoms with E-state index in [-0.39, 0.29) is 25.5 Å². The zero-order valence-electron chi connectivity index (χ0n) is 11.0. The van der Waals surface area contributed by atoms with E-state index >= 15 is 0 Å². The molecule has 1 aromatic carbocycles. The number of ether oxygens (including phenoxy) is 1. The van der Waals surface area contributed by atoms with Crippen LogP contribution in [0.2, 0.25) is 0 Å². The van der Waals surface area contributed by atoms with Gasteiger partial charge in [0.25, 0.3) is 0 Å². The summed E-state index contributed by atoms with van der Waals surface area (Å²) < 4.78 is 6.84. The molecule has 19 heavy (non-hydrogen) atoms. The van der Waals surface area contributed by atoms with Crippen molar-refractivity contribution < 1.29 is 9.53 Å². The van der Waals surface area contributed by atoms with E-state index in [1.165, 1.54) is 6.20 Å². The number of esters is 1. The van der Waals surface area contributed by atoms with E-state index in [0.29, 0.717) is 12.3 Å². The normalized spacial score (nSPS) is 11.5. The van der Waals surface area contributed by atoms with E-state index in [2.05, 4.69) is 4.98 Å². The van der Waals surface area contributed by atoms with Crippen LogP contribution in [-0.2, 0) is 4.74 Å². The van der Waals surface area contributed by atoms with Gasteiger partial charge in [-0.25, -0.2) is 9.78 Å². The van der Waals surface area contributed by atoms with Gasteiger partial charge in [-0.05, 0) is 19.4 Å². The van der Waals surface area contributed by atoms with E-state index in [9.17, 15) is 4.79 Å². The molecule has 2 aromatic rings. The van der Waals surface area contributed by atoms with E-state index in [1.54, 1.807) is 13.3 Å². The molecule has 102 valence electrons. The van der Waals surface area contributed by atoms with Gasteiger partial charge in [0, 0.05) is 0 Å². The molecule has 0 fully saturated rings. The number of carbonyl (C=O) groups is 1. The van der Waals surface area contributed by atoms with Crippen molar-refractivity contribution in [3.8, 4) is 0 Å². The lowest BCUT2D eigenvalue weighted by Crippen LogP contribution is -2.15. The molecule has 0 radical (unpaired) electrons. The molecular weight excluding hydrogens is 260 g/mol. The fourth-order valence-electron chi connectivity index (χ4n) is 1.87. The number of hydrogen-bond acceptors (Lipinski definition) is 3. The Morgan fingerprint density at radius 1 is 1.37 bits per heavy atom. The van der Waals surface area contributed by atoms with Crippen molar-refractivity contribution in [2.45, 2.75) is 19.9 Å². The highest BCUT2D eigenvalue weighted by Crippen LogP contribution is 2.19. The predicted octanol–water partition coefficient (Wildman–Crippen LogP) is 2.78. The minimum absolute atomic E-state index is 0. The van der Waals surface area contributed by atoms with Crippen LogP contribution in [0.15, 0.2) is 42.9 Å². The second-order valence-corrected chi connectivity index (χ2v) is 3.99. The Morgan fingerprint density at radius 3 is 2.68 bits per heavy atom. The van der Waals surface area contributed by atoms with Gasteiger partial charge in [-0.3, -0.25) is 0 Å². The molecule has 1 heterocycles. The molecule has 4 nitrogen and oxygen atoms in total. The summed E-state index contributed by atoms with van der Waals surface area (Å²) in [4.78, 5) is 15.8. The highest BCUT2D eigenvalue weighted by Gasteiger charge is 2.17. The van der Waals surface area contributed by atoms with E-state index < -0.39 is 0 Å². The summed E-state index contributed by atoms with van der Waals surface area (Å²) in [5.41, 5.74) is 1.61. The first-order valence-electron chi connectivity index (χ1n) is 5.98. The molecule has 0 amide bonds. The van der Waals surface area contributed by atoms with Gasteiger partial charge in [0.15, 0.2) is 0 Å². The first-order chi connectivity index (χ1) is 8.74. The molecule has 0 N–H and O–H groups in total. The lowest BCUT2D eigenvalue weighted by Gasteiger charge is -2.16. The van der Waals surface area contributed by atoms with E-state index in [1.807, 2.05) is 41.8 Å². The molecule has 0 aliphatic carbocycles. The van der Waals surface area contributed by atoms with E-state index in [4.69, 9.17) is 4.74 Å². The second-order valence-electron chi connectivity index (χ2n) is 3.99. The van der Waals surface area contributed by atoms with Crippen molar-refractivity contribution in [1.82, 2.24) is 9.55 Å². The quantitative estimate of drug-likeness (QED) is 0.808. The van der Waals surface area contributed by atoms with Crippen molar-refractivity contribution in [2.24, 2.45) is 0 Å².